The number of carbonyl (C=O) groups is 3. The van der Waals surface area contributed by atoms with Gasteiger partial charge < -0.3 is 25.4 Å². The summed E-state index contributed by atoms with van der Waals surface area (Å²) < 4.78 is 11.0. The molecular weight excluding hydrogens is 508 g/mol. The normalized spacial score (nSPS) is 20.6. The van der Waals surface area contributed by atoms with E-state index < -0.39 is 18.1 Å². The summed E-state index contributed by atoms with van der Waals surface area (Å²) >= 11 is 0. The molecule has 2 amide bonds. The summed E-state index contributed by atoms with van der Waals surface area (Å²) in [6, 6.07) is 9.14. The van der Waals surface area contributed by atoms with Crippen molar-refractivity contribution in [1.29, 1.82) is 0 Å². The molecule has 9 heteroatoms. The van der Waals surface area contributed by atoms with E-state index in [2.05, 4.69) is 10.3 Å². The van der Waals surface area contributed by atoms with Crippen molar-refractivity contribution in [3.8, 4) is 5.75 Å². The van der Waals surface area contributed by atoms with Gasteiger partial charge in [-0.1, -0.05) is 32.0 Å². The Kier molecular flexibility index (Phi) is 12.1. The van der Waals surface area contributed by atoms with Crippen LogP contribution in [0.15, 0.2) is 48.8 Å². The van der Waals surface area contributed by atoms with Gasteiger partial charge in [-0.05, 0) is 68.2 Å². The van der Waals surface area contributed by atoms with Crippen LogP contribution in [0.5, 0.6) is 5.75 Å². The van der Waals surface area contributed by atoms with Gasteiger partial charge in [-0.25, -0.2) is 0 Å². The number of likely N-dealkylation sites (tertiary alicyclic amines) is 1. The Morgan fingerprint density at radius 1 is 1.10 bits per heavy atom. The Hall–Kier alpha value is -3.30. The quantitative estimate of drug-likeness (QED) is 0.463. The predicted octanol–water partition coefficient (Wildman–Crippen LogP) is 3.47. The van der Waals surface area contributed by atoms with Gasteiger partial charge in [0.15, 0.2) is 5.78 Å². The minimum Gasteiger partial charge on any atom is -0.496 e. The number of benzene rings is 1. The lowest BCUT2D eigenvalue weighted by molar-refractivity contribution is -0.139. The number of nitrogens with zero attached hydrogens (tertiary/aromatic N) is 2. The average molecular weight is 553 g/mol. The Labute approximate surface area is 237 Å². The Morgan fingerprint density at radius 3 is 2.42 bits per heavy atom. The monoisotopic (exact) mass is 552 g/mol. The summed E-state index contributed by atoms with van der Waals surface area (Å²) in [5.41, 5.74) is 8.10. The maximum atomic E-state index is 13.6. The molecule has 2 aromatic rings. The van der Waals surface area contributed by atoms with Gasteiger partial charge in [0.2, 0.25) is 11.8 Å². The van der Waals surface area contributed by atoms with Crippen LogP contribution in [-0.2, 0) is 25.5 Å². The molecule has 4 atom stereocenters. The zero-order valence-corrected chi connectivity index (χ0v) is 24.2. The number of aromatic nitrogens is 1. The molecule has 2 aliphatic heterocycles. The third-order valence-electron chi connectivity index (χ3n) is 7.82. The van der Waals surface area contributed by atoms with Crippen LogP contribution in [0.2, 0.25) is 0 Å². The summed E-state index contributed by atoms with van der Waals surface area (Å²) in [6.45, 7) is 7.36. The van der Waals surface area contributed by atoms with Crippen molar-refractivity contribution in [2.45, 2.75) is 71.0 Å². The maximum absolute atomic E-state index is 13.6. The Bertz CT molecular complexity index is 1110. The summed E-state index contributed by atoms with van der Waals surface area (Å²) in [5.74, 6) is 0.603. The molecular formula is C31H44N4O5. The lowest BCUT2D eigenvalue weighted by atomic mass is 9.84. The van der Waals surface area contributed by atoms with E-state index in [-0.39, 0.29) is 29.9 Å². The summed E-state index contributed by atoms with van der Waals surface area (Å²) in [5, 5.41) is 2.94. The van der Waals surface area contributed by atoms with E-state index >= 15 is 0 Å². The minimum atomic E-state index is -0.681. The maximum Gasteiger partial charge on any atom is 0.243 e. The van der Waals surface area contributed by atoms with Gasteiger partial charge >= 0.3 is 0 Å². The molecule has 0 aliphatic carbocycles. The third kappa shape index (κ3) is 8.11. The average Bonchev–Trinajstić information content (AvgIpc) is 3.45. The minimum absolute atomic E-state index is 0.0534. The van der Waals surface area contributed by atoms with Crippen LogP contribution in [0.4, 0.5) is 0 Å². The van der Waals surface area contributed by atoms with Crippen molar-refractivity contribution < 1.29 is 23.9 Å². The number of nitrogens with one attached hydrogen (secondary N) is 1. The molecule has 1 aromatic heterocycles. The second kappa shape index (κ2) is 15.5. The van der Waals surface area contributed by atoms with Crippen LogP contribution in [0.1, 0.15) is 63.6 Å². The topological polar surface area (TPSA) is 124 Å². The number of amides is 2. The number of carbonyl (C=O) groups excluding carboxylic acids is 3. The first-order valence-electron chi connectivity index (χ1n) is 14.3. The Morgan fingerprint density at radius 2 is 1.77 bits per heavy atom. The van der Waals surface area contributed by atoms with Crippen LogP contribution in [-0.4, -0.2) is 66.4 Å². The van der Waals surface area contributed by atoms with E-state index in [9.17, 15) is 14.4 Å². The zero-order chi connectivity index (χ0) is 29.1. The standard InChI is InChI=1S/C29H38N4O5.C2H6/c1-19(34)25(15-20-7-11-31-12-8-20)32-29(36)26-16-22(21-9-13-38-14-10-21)18-33(26)28(35)17-24(30)23-5-3-4-6-27(23)37-2;1-2/h3-8,11-12,21-22,24-26H,9-10,13-18,30H2,1-2H3,(H,32,36);1-2H3/t22?,24?,25?,26-;/m0./s1. The number of methoxy groups -OCH3 is 1. The molecule has 3 unspecified atom stereocenters. The fraction of sp³-hybridized carbons (Fsp3) is 0.548. The third-order valence-corrected chi connectivity index (χ3v) is 7.82. The van der Waals surface area contributed by atoms with Crippen LogP contribution in [0.3, 0.4) is 0 Å². The first kappa shape index (κ1) is 31.2. The number of hydrogen-bond acceptors (Lipinski definition) is 7. The first-order chi connectivity index (χ1) is 19.4. The Balaban J connectivity index is 0.00000216. The van der Waals surface area contributed by atoms with Crippen molar-refractivity contribution >= 4 is 17.6 Å². The number of para-hydroxylation sites is 1. The molecule has 0 bridgehead atoms. The van der Waals surface area contributed by atoms with Crippen LogP contribution in [0, 0.1) is 11.8 Å². The van der Waals surface area contributed by atoms with Gasteiger partial charge in [0, 0.05) is 50.2 Å². The second-order valence-corrected chi connectivity index (χ2v) is 10.3. The molecule has 9 nitrogen and oxygen atoms in total. The summed E-state index contributed by atoms with van der Waals surface area (Å²) in [6.07, 6.45) is 6.14. The van der Waals surface area contributed by atoms with Crippen molar-refractivity contribution in [1.82, 2.24) is 15.2 Å². The number of pyridine rings is 1. The smallest absolute Gasteiger partial charge is 0.243 e. The van der Waals surface area contributed by atoms with Crippen molar-refractivity contribution in [3.63, 3.8) is 0 Å². The van der Waals surface area contributed by atoms with Crippen molar-refractivity contribution in [2.24, 2.45) is 17.6 Å². The van der Waals surface area contributed by atoms with Crippen LogP contribution in [0.25, 0.3) is 0 Å². The van der Waals surface area contributed by atoms with Gasteiger partial charge in [-0.15, -0.1) is 0 Å². The summed E-state index contributed by atoms with van der Waals surface area (Å²) in [7, 11) is 1.57. The van der Waals surface area contributed by atoms with E-state index in [1.54, 1.807) is 24.4 Å². The highest BCUT2D eigenvalue weighted by Crippen LogP contribution is 2.36. The summed E-state index contributed by atoms with van der Waals surface area (Å²) in [4.78, 5) is 45.3. The molecule has 0 saturated carbocycles. The molecule has 40 heavy (non-hydrogen) atoms. The largest absolute Gasteiger partial charge is 0.496 e. The molecule has 2 aliphatic rings. The molecule has 0 spiro atoms. The van der Waals surface area contributed by atoms with Crippen LogP contribution >= 0.6 is 0 Å². The lowest BCUT2D eigenvalue weighted by Gasteiger charge is -2.28. The van der Waals surface area contributed by atoms with E-state index in [1.165, 1.54) is 6.92 Å². The first-order valence-corrected chi connectivity index (χ1v) is 14.3. The highest BCUT2D eigenvalue weighted by Gasteiger charge is 2.43. The number of ether oxygens (including phenoxy) is 2. The lowest BCUT2D eigenvalue weighted by Crippen LogP contribution is -2.51. The molecule has 3 N–H and O–H groups in total. The fourth-order valence-electron chi connectivity index (χ4n) is 5.63. The fourth-order valence-corrected chi connectivity index (χ4v) is 5.63. The SMILES string of the molecule is CC.COc1ccccc1C(N)CC(=O)N1CC(C2CCOCC2)C[C@H]1C(=O)NC(Cc1ccncc1)C(C)=O. The highest BCUT2D eigenvalue weighted by molar-refractivity contribution is 5.92. The molecule has 4 rings (SSSR count). The molecule has 3 heterocycles. The van der Waals surface area contributed by atoms with Crippen molar-refractivity contribution in [3.05, 3.63) is 59.9 Å². The predicted molar refractivity (Wildman–Crippen MR) is 154 cm³/mol. The van der Waals surface area contributed by atoms with Crippen molar-refractivity contribution in [2.75, 3.05) is 26.9 Å². The molecule has 2 saturated heterocycles. The highest BCUT2D eigenvalue weighted by atomic mass is 16.5. The molecule has 1 aromatic carbocycles. The molecule has 2 fully saturated rings. The zero-order valence-electron chi connectivity index (χ0n) is 24.2. The van der Waals surface area contributed by atoms with Gasteiger partial charge in [-0.2, -0.15) is 0 Å². The number of hydrogen-bond donors (Lipinski definition) is 2. The van der Waals surface area contributed by atoms with E-state index in [0.29, 0.717) is 44.3 Å². The number of Topliss-reactive ketones (excluding diaryl/α,β-unsaturated/α-hetero) is 1. The van der Waals surface area contributed by atoms with Gasteiger partial charge in [0.1, 0.15) is 11.8 Å². The molecule has 218 valence electrons. The van der Waals surface area contributed by atoms with Gasteiger partial charge in [0.05, 0.1) is 13.2 Å². The van der Waals surface area contributed by atoms with E-state index in [1.807, 2.05) is 50.2 Å². The second-order valence-electron chi connectivity index (χ2n) is 10.3. The van der Waals surface area contributed by atoms with E-state index in [4.69, 9.17) is 15.2 Å². The number of ketones is 1. The molecule has 0 radical (unpaired) electrons. The van der Waals surface area contributed by atoms with Crippen LogP contribution < -0.4 is 15.8 Å². The van der Waals surface area contributed by atoms with Gasteiger partial charge in [0.25, 0.3) is 0 Å². The van der Waals surface area contributed by atoms with E-state index in [0.717, 1.165) is 24.0 Å². The number of rotatable bonds is 10. The van der Waals surface area contributed by atoms with Gasteiger partial charge in [-0.3, -0.25) is 19.4 Å². The number of nitrogens with two attached hydrogens (primary N) is 1.